The molecule has 0 amide bonds. The van der Waals surface area contributed by atoms with Crippen molar-refractivity contribution in [1.29, 1.82) is 5.26 Å². The van der Waals surface area contributed by atoms with Crippen molar-refractivity contribution in [2.45, 2.75) is 32.4 Å². The highest BCUT2D eigenvalue weighted by molar-refractivity contribution is 5.96. The molecule has 1 aliphatic rings. The van der Waals surface area contributed by atoms with E-state index in [1.54, 1.807) is 19.1 Å². The lowest BCUT2D eigenvalue weighted by Crippen LogP contribution is -2.14. The summed E-state index contributed by atoms with van der Waals surface area (Å²) in [6.07, 6.45) is -2.35. The number of hydrogen-bond donors (Lipinski definition) is 1. The minimum absolute atomic E-state index is 0.0382. The number of aryl methyl sites for hydroxylation is 1. The van der Waals surface area contributed by atoms with Crippen LogP contribution >= 0.6 is 0 Å². The fourth-order valence-electron chi connectivity index (χ4n) is 2.85. The van der Waals surface area contributed by atoms with Crippen LogP contribution in [-0.4, -0.2) is 15.8 Å². The molecule has 0 saturated heterocycles. The molecule has 23 heavy (non-hydrogen) atoms. The van der Waals surface area contributed by atoms with E-state index in [1.807, 2.05) is 0 Å². The lowest BCUT2D eigenvalue weighted by atomic mass is 9.89. The molecule has 0 saturated carbocycles. The Hall–Kier alpha value is -2.62. The molecule has 0 fully saturated rings. The third kappa shape index (κ3) is 2.61. The maximum absolute atomic E-state index is 13.3. The van der Waals surface area contributed by atoms with Crippen molar-refractivity contribution in [3.05, 3.63) is 34.7 Å². The number of aromatic nitrogens is 2. The summed E-state index contributed by atoms with van der Waals surface area (Å²) in [6, 6.07) is 3.17. The van der Waals surface area contributed by atoms with Crippen molar-refractivity contribution in [2.24, 2.45) is 0 Å². The van der Waals surface area contributed by atoms with Crippen molar-refractivity contribution >= 4 is 22.4 Å². The van der Waals surface area contributed by atoms with E-state index in [1.165, 1.54) is 6.07 Å². The van der Waals surface area contributed by atoms with Crippen LogP contribution in [0.2, 0.25) is 0 Å². The van der Waals surface area contributed by atoms with Crippen LogP contribution in [0.3, 0.4) is 0 Å². The predicted molar refractivity (Wildman–Crippen MR) is 77.4 cm³/mol. The maximum atomic E-state index is 13.3. The number of rotatable bonds is 1. The lowest BCUT2D eigenvalue weighted by molar-refractivity contribution is -0.141. The molecule has 0 spiro atoms. The monoisotopic (exact) mass is 319 g/mol. The first-order chi connectivity index (χ1) is 10.8. The summed E-state index contributed by atoms with van der Waals surface area (Å²) in [5.41, 5.74) is 0.358. The Kier molecular flexibility index (Phi) is 3.48. The van der Waals surface area contributed by atoms with Gasteiger partial charge in [0.2, 0.25) is 0 Å². The van der Waals surface area contributed by atoms with E-state index >= 15 is 0 Å². The molecule has 0 atom stereocenters. The molecular weight excluding hydrogens is 307 g/mol. The zero-order valence-corrected chi connectivity index (χ0v) is 12.2. The van der Waals surface area contributed by atoms with Gasteiger partial charge in [-0.15, -0.1) is 0 Å². The van der Waals surface area contributed by atoms with E-state index in [0.29, 0.717) is 23.2 Å². The summed E-state index contributed by atoms with van der Waals surface area (Å²) in [5, 5.41) is 9.31. The normalized spacial score (nSPS) is 15.6. The molecule has 1 N–H and O–H groups in total. The highest BCUT2D eigenvalue weighted by Crippen LogP contribution is 2.39. The first-order valence-corrected chi connectivity index (χ1v) is 7.03. The smallest absolute Gasteiger partial charge is 0.357 e. The number of halogens is 3. The number of allylic oxidation sites excluding steroid dienone is 2. The summed E-state index contributed by atoms with van der Waals surface area (Å²) in [7, 11) is 0. The van der Waals surface area contributed by atoms with Crippen LogP contribution in [0.4, 0.5) is 13.2 Å². The van der Waals surface area contributed by atoms with Gasteiger partial charge in [-0.1, -0.05) is 6.08 Å². The van der Waals surface area contributed by atoms with E-state index in [2.05, 4.69) is 9.97 Å². The minimum atomic E-state index is -4.72. The van der Waals surface area contributed by atoms with E-state index < -0.39 is 17.4 Å². The van der Waals surface area contributed by atoms with Crippen molar-refractivity contribution in [3.63, 3.8) is 0 Å². The first kappa shape index (κ1) is 15.3. The van der Waals surface area contributed by atoms with E-state index in [4.69, 9.17) is 0 Å². The predicted octanol–water partition coefficient (Wildman–Crippen LogP) is 3.90. The van der Waals surface area contributed by atoms with Gasteiger partial charge in [-0.3, -0.25) is 4.79 Å². The Morgan fingerprint density at radius 3 is 2.65 bits per heavy atom. The van der Waals surface area contributed by atoms with Crippen LogP contribution in [0.15, 0.2) is 12.1 Å². The van der Waals surface area contributed by atoms with Crippen LogP contribution in [0.5, 0.6) is 0 Å². The molecular formula is C16H12F3N3O. The van der Waals surface area contributed by atoms with Crippen LogP contribution < -0.4 is 0 Å². The average Bonchev–Trinajstić information content (AvgIpc) is 2.85. The van der Waals surface area contributed by atoms with Gasteiger partial charge in [-0.25, -0.2) is 4.98 Å². The average molecular weight is 319 g/mol. The van der Waals surface area contributed by atoms with Crippen molar-refractivity contribution < 1.29 is 18.0 Å². The zero-order valence-electron chi connectivity index (χ0n) is 12.2. The number of Topliss-reactive ketones (excluding diaryl/α,β-unsaturated/α-hetero) is 1. The number of alkyl halides is 3. The Morgan fingerprint density at radius 1 is 1.35 bits per heavy atom. The van der Waals surface area contributed by atoms with Crippen LogP contribution in [-0.2, 0) is 11.0 Å². The Bertz CT molecular complexity index is 885. The molecule has 0 aliphatic heterocycles. The number of nitrogens with one attached hydrogen (secondary N) is 1. The number of H-pyrrole nitrogens is 1. The molecule has 0 aromatic carbocycles. The number of hydrogen-bond acceptors (Lipinski definition) is 3. The van der Waals surface area contributed by atoms with Gasteiger partial charge in [0.1, 0.15) is 11.9 Å². The van der Waals surface area contributed by atoms with Crippen LogP contribution in [0.1, 0.15) is 41.8 Å². The number of carbonyl (C=O) groups excluding carboxylic acids is 1. The van der Waals surface area contributed by atoms with Gasteiger partial charge in [0.25, 0.3) is 0 Å². The topological polar surface area (TPSA) is 69.5 Å². The highest BCUT2D eigenvalue weighted by atomic mass is 19.4. The molecule has 3 rings (SSSR count). The van der Waals surface area contributed by atoms with Gasteiger partial charge in [-0.2, -0.15) is 18.4 Å². The van der Waals surface area contributed by atoms with Gasteiger partial charge in [0.05, 0.1) is 16.6 Å². The summed E-state index contributed by atoms with van der Waals surface area (Å²) in [5.74, 6) is 0.0382. The first-order valence-electron chi connectivity index (χ1n) is 7.03. The number of fused-ring (bicyclic) bond motifs is 1. The maximum Gasteiger partial charge on any atom is 0.434 e. The van der Waals surface area contributed by atoms with Gasteiger partial charge in [0, 0.05) is 24.1 Å². The minimum Gasteiger partial charge on any atom is -0.357 e. The summed E-state index contributed by atoms with van der Waals surface area (Å²) in [6.45, 7) is 1.71. The number of aromatic amines is 1. The second-order valence-corrected chi connectivity index (χ2v) is 5.50. The number of nitrogens with zero attached hydrogens (tertiary/aromatic N) is 2. The van der Waals surface area contributed by atoms with E-state index in [0.717, 1.165) is 0 Å². The van der Waals surface area contributed by atoms with Crippen molar-refractivity contribution in [3.8, 4) is 6.07 Å². The third-order valence-corrected chi connectivity index (χ3v) is 3.85. The molecule has 2 aromatic heterocycles. The Balaban J connectivity index is 2.38. The third-order valence-electron chi connectivity index (χ3n) is 3.85. The second kappa shape index (κ2) is 5.23. The fraction of sp³-hybridized carbons (Fsp3) is 0.312. The molecule has 118 valence electrons. The van der Waals surface area contributed by atoms with Gasteiger partial charge >= 0.3 is 6.18 Å². The van der Waals surface area contributed by atoms with Crippen molar-refractivity contribution in [2.75, 3.05) is 0 Å². The number of ketones is 1. The van der Waals surface area contributed by atoms with Gasteiger partial charge in [0.15, 0.2) is 5.69 Å². The SMILES string of the molecule is Cc1cc2nc(C(F)(F)F)c(C#N)c(C3=CCC(=O)CC3)c2[nH]1. The number of nitriles is 1. The second-order valence-electron chi connectivity index (χ2n) is 5.50. The Morgan fingerprint density at radius 2 is 2.09 bits per heavy atom. The molecule has 2 heterocycles. The summed E-state index contributed by atoms with van der Waals surface area (Å²) < 4.78 is 39.8. The largest absolute Gasteiger partial charge is 0.434 e. The van der Waals surface area contributed by atoms with Crippen LogP contribution in [0, 0.1) is 18.3 Å². The van der Waals surface area contributed by atoms with Crippen molar-refractivity contribution in [1.82, 2.24) is 9.97 Å². The number of pyridine rings is 1. The quantitative estimate of drug-likeness (QED) is 0.866. The van der Waals surface area contributed by atoms with Gasteiger partial charge < -0.3 is 4.98 Å². The lowest BCUT2D eigenvalue weighted by Gasteiger charge is -2.17. The molecule has 1 aliphatic carbocycles. The zero-order chi connectivity index (χ0) is 16.8. The number of carbonyl (C=O) groups is 1. The fourth-order valence-corrected chi connectivity index (χ4v) is 2.85. The summed E-state index contributed by atoms with van der Waals surface area (Å²) in [4.78, 5) is 18.0. The molecule has 7 heteroatoms. The molecule has 0 unspecified atom stereocenters. The molecule has 0 bridgehead atoms. The highest BCUT2D eigenvalue weighted by Gasteiger charge is 2.38. The molecule has 0 radical (unpaired) electrons. The Labute approximate surface area is 129 Å². The standard InChI is InChI=1S/C16H12F3N3O/c1-8-6-12-14(21-8)13(9-2-4-10(23)5-3-9)11(7-20)15(22-12)16(17,18)19/h2,6,21H,3-5H2,1H3. The van der Waals surface area contributed by atoms with Gasteiger partial charge in [-0.05, 0) is 25.0 Å². The van der Waals surface area contributed by atoms with E-state index in [9.17, 15) is 23.2 Å². The van der Waals surface area contributed by atoms with E-state index in [-0.39, 0.29) is 29.7 Å². The van der Waals surface area contributed by atoms with Crippen LogP contribution in [0.25, 0.3) is 16.6 Å². The summed E-state index contributed by atoms with van der Waals surface area (Å²) >= 11 is 0. The molecule has 2 aromatic rings. The molecule has 4 nitrogen and oxygen atoms in total.